The van der Waals surface area contributed by atoms with E-state index in [9.17, 15) is 43.2 Å². The topological polar surface area (TPSA) is 237 Å². The molecule has 0 amide bonds. The number of phosphoric acid groups is 2. The molecule has 102 heavy (non-hydrogen) atoms. The highest BCUT2D eigenvalue weighted by Crippen LogP contribution is 2.45. The number of phosphoric ester groups is 2. The highest BCUT2D eigenvalue weighted by Gasteiger charge is 2.30. The van der Waals surface area contributed by atoms with Crippen LogP contribution < -0.4 is 0 Å². The molecule has 0 saturated heterocycles. The highest BCUT2D eigenvalue weighted by atomic mass is 31.2. The van der Waals surface area contributed by atoms with Gasteiger partial charge in [-0.2, -0.15) is 0 Å². The maximum absolute atomic E-state index is 13.1. The molecule has 0 spiro atoms. The van der Waals surface area contributed by atoms with Gasteiger partial charge in [0.05, 0.1) is 26.4 Å². The van der Waals surface area contributed by atoms with Crippen molar-refractivity contribution < 1.29 is 80.2 Å². The first-order chi connectivity index (χ1) is 49.4. The van der Waals surface area contributed by atoms with E-state index < -0.39 is 97.5 Å². The molecular formula is C83H162O17P2. The Bertz CT molecular complexity index is 1960. The molecule has 0 bridgehead atoms. The Kier molecular flexibility index (Phi) is 73.1. The van der Waals surface area contributed by atoms with E-state index in [0.717, 1.165) is 102 Å². The first kappa shape index (κ1) is 100. The van der Waals surface area contributed by atoms with Crippen LogP contribution >= 0.6 is 15.6 Å². The summed E-state index contributed by atoms with van der Waals surface area (Å²) in [5.41, 5.74) is 0. The molecule has 0 aromatic heterocycles. The van der Waals surface area contributed by atoms with Crippen LogP contribution in [0.3, 0.4) is 0 Å². The van der Waals surface area contributed by atoms with E-state index in [2.05, 4.69) is 41.5 Å². The molecule has 17 nitrogen and oxygen atoms in total. The average molecular weight is 1490 g/mol. The number of carbonyl (C=O) groups is 4. The summed E-state index contributed by atoms with van der Waals surface area (Å²) in [4.78, 5) is 73.1. The second-order valence-electron chi connectivity index (χ2n) is 30.8. The van der Waals surface area contributed by atoms with Crippen LogP contribution in [-0.4, -0.2) is 96.7 Å². The van der Waals surface area contributed by atoms with Crippen molar-refractivity contribution in [1.29, 1.82) is 0 Å². The third-order valence-electron chi connectivity index (χ3n) is 19.5. The fourth-order valence-corrected chi connectivity index (χ4v) is 14.5. The number of rotatable bonds is 82. The number of aliphatic hydroxyl groups is 1. The minimum absolute atomic E-state index is 0.108. The number of esters is 4. The molecule has 0 rings (SSSR count). The Morgan fingerprint density at radius 2 is 0.451 bits per heavy atom. The van der Waals surface area contributed by atoms with Gasteiger partial charge in [0.1, 0.15) is 19.3 Å². The Hall–Kier alpha value is -1.94. The van der Waals surface area contributed by atoms with Gasteiger partial charge in [-0.25, -0.2) is 9.13 Å². The fraction of sp³-hybridized carbons (Fsp3) is 0.952. The predicted octanol–water partition coefficient (Wildman–Crippen LogP) is 25.1. The third kappa shape index (κ3) is 76.3. The van der Waals surface area contributed by atoms with Crippen LogP contribution in [0.4, 0.5) is 0 Å². The van der Waals surface area contributed by atoms with Gasteiger partial charge in [0, 0.05) is 25.7 Å². The predicted molar refractivity (Wildman–Crippen MR) is 418 cm³/mol. The van der Waals surface area contributed by atoms with Gasteiger partial charge >= 0.3 is 39.5 Å². The van der Waals surface area contributed by atoms with E-state index in [0.29, 0.717) is 25.7 Å². The van der Waals surface area contributed by atoms with Crippen molar-refractivity contribution in [3.8, 4) is 0 Å². The Labute approximate surface area is 626 Å². The van der Waals surface area contributed by atoms with Crippen LogP contribution in [0.5, 0.6) is 0 Å². The van der Waals surface area contributed by atoms with Crippen LogP contribution in [0.15, 0.2) is 0 Å². The van der Waals surface area contributed by atoms with Crippen molar-refractivity contribution in [2.24, 2.45) is 11.8 Å². The molecule has 5 atom stereocenters. The second-order valence-corrected chi connectivity index (χ2v) is 33.7. The van der Waals surface area contributed by atoms with Gasteiger partial charge in [-0.1, -0.05) is 388 Å². The number of hydrogen-bond donors (Lipinski definition) is 3. The largest absolute Gasteiger partial charge is 0.472 e. The number of carbonyl (C=O) groups excluding carboxylic acids is 4. The molecule has 0 aromatic rings. The van der Waals surface area contributed by atoms with Gasteiger partial charge in [-0.05, 0) is 37.5 Å². The molecule has 0 aliphatic rings. The van der Waals surface area contributed by atoms with E-state index in [-0.39, 0.29) is 25.7 Å². The van der Waals surface area contributed by atoms with Crippen LogP contribution in [0.1, 0.15) is 440 Å². The van der Waals surface area contributed by atoms with E-state index in [1.54, 1.807) is 0 Å². The quantitative estimate of drug-likeness (QED) is 0.0222. The zero-order valence-corrected chi connectivity index (χ0v) is 68.7. The van der Waals surface area contributed by atoms with E-state index in [1.165, 1.54) is 257 Å². The summed E-state index contributed by atoms with van der Waals surface area (Å²) in [6.45, 7) is 9.71. The molecule has 19 heteroatoms. The van der Waals surface area contributed by atoms with Gasteiger partial charge in [-0.3, -0.25) is 37.3 Å². The Morgan fingerprint density at radius 1 is 0.265 bits per heavy atom. The van der Waals surface area contributed by atoms with E-state index >= 15 is 0 Å². The number of unbranched alkanes of at least 4 members (excludes halogenated alkanes) is 52. The first-order valence-electron chi connectivity index (χ1n) is 43.0. The summed E-state index contributed by atoms with van der Waals surface area (Å²) in [6.07, 6.45) is 65.1. The van der Waals surface area contributed by atoms with Gasteiger partial charge < -0.3 is 33.8 Å². The maximum Gasteiger partial charge on any atom is 0.472 e. The first-order valence-corrected chi connectivity index (χ1v) is 46.0. The summed E-state index contributed by atoms with van der Waals surface area (Å²) in [5, 5.41) is 10.7. The highest BCUT2D eigenvalue weighted by molar-refractivity contribution is 7.47. The molecule has 0 aliphatic carbocycles. The lowest BCUT2D eigenvalue weighted by molar-refractivity contribution is -0.161. The normalized spacial score (nSPS) is 13.9. The number of hydrogen-bond acceptors (Lipinski definition) is 15. The fourth-order valence-electron chi connectivity index (χ4n) is 12.9. The Morgan fingerprint density at radius 3 is 0.667 bits per heavy atom. The Balaban J connectivity index is 5.24. The van der Waals surface area contributed by atoms with Gasteiger partial charge in [-0.15, -0.1) is 0 Å². The average Bonchev–Trinajstić information content (AvgIpc) is 0.927. The molecule has 0 aromatic carbocycles. The summed E-state index contributed by atoms with van der Waals surface area (Å²) >= 11 is 0. The van der Waals surface area contributed by atoms with Crippen molar-refractivity contribution in [2.75, 3.05) is 39.6 Å². The molecule has 0 aliphatic heterocycles. The van der Waals surface area contributed by atoms with Crippen molar-refractivity contribution in [3.05, 3.63) is 0 Å². The lowest BCUT2D eigenvalue weighted by atomic mass is 10.0. The molecule has 0 radical (unpaired) electrons. The minimum Gasteiger partial charge on any atom is -0.462 e. The van der Waals surface area contributed by atoms with E-state index in [1.807, 2.05) is 0 Å². The molecule has 0 saturated carbocycles. The molecule has 3 N–H and O–H groups in total. The summed E-state index contributed by atoms with van der Waals surface area (Å²) < 4.78 is 68.8. The van der Waals surface area contributed by atoms with Gasteiger partial charge in [0.25, 0.3) is 0 Å². The maximum atomic E-state index is 13.1. The SMILES string of the molecule is CCCCCCCCCCCCCCCC(=O)O[C@H](COC(=O)CCCCCCCCCCCCCC)COP(=O)(O)OC[C@H](O)COP(=O)(O)OC[C@@H](COC(=O)CCCCCCCCCCCCCCCC(C)C)OC(=O)CCCCCCCCCCCCCCCCCCCCC(C)C. The van der Waals surface area contributed by atoms with Crippen molar-refractivity contribution in [3.63, 3.8) is 0 Å². The molecule has 2 unspecified atom stereocenters. The molecule has 606 valence electrons. The van der Waals surface area contributed by atoms with Crippen LogP contribution in [0.2, 0.25) is 0 Å². The van der Waals surface area contributed by atoms with Crippen molar-refractivity contribution in [1.82, 2.24) is 0 Å². The number of aliphatic hydroxyl groups excluding tert-OH is 1. The van der Waals surface area contributed by atoms with E-state index in [4.69, 9.17) is 37.0 Å². The standard InChI is InChI=1S/C83H162O17P2/c1-7-9-11-13-15-17-19-28-37-43-49-55-61-67-82(87)99-78(71-93-80(85)65-59-53-47-41-35-20-18-16-14-12-10-8-2)73-97-101(89,90)95-69-77(84)70-96-102(91,92)98-74-79(72-94-81(86)66-60-54-48-42-36-32-27-30-34-40-46-52-58-64-76(5)6)100-83(88)68-62-56-50-44-38-31-26-24-22-21-23-25-29-33-39-45-51-57-63-75(3)4/h75-79,84H,7-74H2,1-6H3,(H,89,90)(H,91,92)/t77-,78+,79+/m0/s1. The van der Waals surface area contributed by atoms with Gasteiger partial charge in [0.2, 0.25) is 0 Å². The molecular weight excluding hydrogens is 1330 g/mol. The van der Waals surface area contributed by atoms with Crippen molar-refractivity contribution in [2.45, 2.75) is 458 Å². The monoisotopic (exact) mass is 1490 g/mol. The minimum atomic E-state index is -4.96. The lowest BCUT2D eigenvalue weighted by Crippen LogP contribution is -2.30. The smallest absolute Gasteiger partial charge is 0.462 e. The zero-order valence-electron chi connectivity index (χ0n) is 66.9. The lowest BCUT2D eigenvalue weighted by Gasteiger charge is -2.21. The van der Waals surface area contributed by atoms with Crippen LogP contribution in [0.25, 0.3) is 0 Å². The molecule has 0 fully saturated rings. The zero-order chi connectivity index (χ0) is 74.9. The number of ether oxygens (including phenoxy) is 4. The van der Waals surface area contributed by atoms with Crippen LogP contribution in [0, 0.1) is 11.8 Å². The summed E-state index contributed by atoms with van der Waals surface area (Å²) in [5.74, 6) is -0.492. The molecule has 0 heterocycles. The third-order valence-corrected chi connectivity index (χ3v) is 21.4. The summed E-state index contributed by atoms with van der Waals surface area (Å²) in [6, 6.07) is 0. The van der Waals surface area contributed by atoms with Gasteiger partial charge in [0.15, 0.2) is 12.2 Å². The van der Waals surface area contributed by atoms with Crippen molar-refractivity contribution >= 4 is 39.5 Å². The second kappa shape index (κ2) is 74.5. The summed E-state index contributed by atoms with van der Waals surface area (Å²) in [7, 11) is -9.92. The van der Waals surface area contributed by atoms with Crippen LogP contribution in [-0.2, 0) is 65.4 Å².